The minimum Gasteiger partial charge on any atom is -0.305 e. The quantitative estimate of drug-likeness (QED) is 0.795. The fourth-order valence-corrected chi connectivity index (χ4v) is 2.74. The maximum Gasteiger partial charge on any atom is 0.246 e. The molecule has 2 aliphatic rings. The van der Waals surface area contributed by atoms with Gasteiger partial charge < -0.3 is 5.32 Å². The molecule has 0 aromatic heterocycles. The third kappa shape index (κ3) is 1.73. The van der Waals surface area contributed by atoms with Gasteiger partial charge in [0.15, 0.2) is 0 Å². The van der Waals surface area contributed by atoms with Crippen molar-refractivity contribution in [2.75, 3.05) is 13.6 Å². The Morgan fingerprint density at radius 3 is 2.72 bits per heavy atom. The van der Waals surface area contributed by atoms with Crippen molar-refractivity contribution in [2.24, 2.45) is 0 Å². The molecule has 1 fully saturated rings. The fourth-order valence-electron chi connectivity index (χ4n) is 2.74. The second kappa shape index (κ2) is 4.21. The van der Waals surface area contributed by atoms with Crippen LogP contribution in [-0.2, 0) is 16.0 Å². The summed E-state index contributed by atoms with van der Waals surface area (Å²) in [4.78, 5) is 24.3. The third-order valence-corrected chi connectivity index (χ3v) is 3.95. The van der Waals surface area contributed by atoms with Crippen LogP contribution in [0.5, 0.6) is 0 Å². The van der Waals surface area contributed by atoms with Gasteiger partial charge in [-0.25, -0.2) is 0 Å². The molecule has 1 saturated heterocycles. The van der Waals surface area contributed by atoms with Crippen LogP contribution in [0.4, 0.5) is 0 Å². The number of fused-ring (bicyclic) bond motifs is 1. The number of carbonyl (C=O) groups excluding carboxylic acids is 2. The molecule has 4 nitrogen and oxygen atoms in total. The molecular formula is C14H16N2O2. The van der Waals surface area contributed by atoms with Gasteiger partial charge in [0, 0.05) is 19.5 Å². The Morgan fingerprint density at radius 1 is 1.28 bits per heavy atom. The number of likely N-dealkylation sites (N-methyl/N-ethyl adjacent to an activating group) is 1. The van der Waals surface area contributed by atoms with Crippen molar-refractivity contribution < 1.29 is 9.59 Å². The lowest BCUT2D eigenvalue weighted by atomic mass is 9.77. The van der Waals surface area contributed by atoms with Crippen LogP contribution >= 0.6 is 0 Å². The van der Waals surface area contributed by atoms with Crippen molar-refractivity contribution in [3.8, 4) is 0 Å². The van der Waals surface area contributed by atoms with E-state index in [2.05, 4.69) is 23.5 Å². The number of benzene rings is 1. The van der Waals surface area contributed by atoms with Gasteiger partial charge in [-0.05, 0) is 17.5 Å². The molecule has 1 N–H and O–H groups in total. The summed E-state index contributed by atoms with van der Waals surface area (Å²) in [7, 11) is 1.55. The summed E-state index contributed by atoms with van der Waals surface area (Å²) in [6.45, 7) is 0.772. The zero-order chi connectivity index (χ0) is 12.7. The molecule has 1 aliphatic carbocycles. The molecule has 0 radical (unpaired) electrons. The molecule has 94 valence electrons. The summed E-state index contributed by atoms with van der Waals surface area (Å²) in [5.74, 6) is 0.286. The van der Waals surface area contributed by atoms with Crippen LogP contribution in [0.3, 0.4) is 0 Å². The van der Waals surface area contributed by atoms with Crippen molar-refractivity contribution in [1.82, 2.24) is 10.2 Å². The monoisotopic (exact) mass is 244 g/mol. The molecule has 0 spiro atoms. The smallest absolute Gasteiger partial charge is 0.246 e. The second-order valence-electron chi connectivity index (χ2n) is 5.06. The molecule has 3 rings (SSSR count). The van der Waals surface area contributed by atoms with Crippen molar-refractivity contribution in [3.63, 3.8) is 0 Å². The van der Waals surface area contributed by atoms with E-state index in [0.29, 0.717) is 12.3 Å². The second-order valence-corrected chi connectivity index (χ2v) is 5.06. The standard InChI is InChI=1S/C14H16N2O2/c1-16-13(17)7-12(14(16)18)15-8-10-6-9-4-2-3-5-11(9)10/h2-5,10,12,15H,6-8H2,1H3. The Hall–Kier alpha value is -1.68. The molecule has 1 aromatic carbocycles. The van der Waals surface area contributed by atoms with Gasteiger partial charge in [-0.3, -0.25) is 14.5 Å². The Balaban J connectivity index is 1.58. The number of carbonyl (C=O) groups is 2. The number of hydrogen-bond donors (Lipinski definition) is 1. The number of imide groups is 1. The first-order valence-corrected chi connectivity index (χ1v) is 6.28. The van der Waals surface area contributed by atoms with E-state index in [1.807, 2.05) is 6.07 Å². The van der Waals surface area contributed by atoms with E-state index >= 15 is 0 Å². The Kier molecular flexibility index (Phi) is 2.67. The van der Waals surface area contributed by atoms with Crippen LogP contribution in [0.25, 0.3) is 0 Å². The molecule has 4 heteroatoms. The summed E-state index contributed by atoms with van der Waals surface area (Å²) in [5.41, 5.74) is 2.77. The molecule has 2 atom stereocenters. The van der Waals surface area contributed by atoms with Gasteiger partial charge >= 0.3 is 0 Å². The summed E-state index contributed by atoms with van der Waals surface area (Å²) in [5, 5.41) is 3.22. The van der Waals surface area contributed by atoms with Crippen LogP contribution < -0.4 is 5.32 Å². The van der Waals surface area contributed by atoms with Crippen molar-refractivity contribution in [2.45, 2.75) is 24.8 Å². The average molecular weight is 244 g/mol. The third-order valence-electron chi connectivity index (χ3n) is 3.95. The molecule has 1 aromatic rings. The average Bonchev–Trinajstić information content (AvgIpc) is 2.58. The van der Waals surface area contributed by atoms with Gasteiger partial charge in [-0.2, -0.15) is 0 Å². The molecule has 1 heterocycles. The van der Waals surface area contributed by atoms with E-state index in [-0.39, 0.29) is 17.9 Å². The highest BCUT2D eigenvalue weighted by Gasteiger charge is 2.36. The lowest BCUT2D eigenvalue weighted by Gasteiger charge is -2.31. The van der Waals surface area contributed by atoms with Crippen LogP contribution in [0.1, 0.15) is 23.5 Å². The van der Waals surface area contributed by atoms with Crippen LogP contribution in [0, 0.1) is 0 Å². The molecule has 2 unspecified atom stereocenters. The number of nitrogens with one attached hydrogen (secondary N) is 1. The first kappa shape index (κ1) is 11.4. The molecule has 2 amide bonds. The number of hydrogen-bond acceptors (Lipinski definition) is 3. The lowest BCUT2D eigenvalue weighted by molar-refractivity contribution is -0.137. The SMILES string of the molecule is CN1C(=O)CC(NCC2Cc3ccccc32)C1=O. The summed E-state index contributed by atoms with van der Waals surface area (Å²) < 4.78 is 0. The van der Waals surface area contributed by atoms with Crippen molar-refractivity contribution >= 4 is 11.8 Å². The minimum atomic E-state index is -0.324. The predicted octanol–water partition coefficient (Wildman–Crippen LogP) is 0.673. The number of nitrogens with zero attached hydrogens (tertiary/aromatic N) is 1. The van der Waals surface area contributed by atoms with Crippen molar-refractivity contribution in [3.05, 3.63) is 35.4 Å². The molecule has 1 aliphatic heterocycles. The van der Waals surface area contributed by atoms with E-state index in [9.17, 15) is 9.59 Å². The highest BCUT2D eigenvalue weighted by atomic mass is 16.2. The van der Waals surface area contributed by atoms with E-state index in [1.165, 1.54) is 16.0 Å². The van der Waals surface area contributed by atoms with Crippen LogP contribution in [0.2, 0.25) is 0 Å². The molecule has 0 saturated carbocycles. The van der Waals surface area contributed by atoms with Gasteiger partial charge in [-0.1, -0.05) is 24.3 Å². The lowest BCUT2D eigenvalue weighted by Crippen LogP contribution is -2.40. The zero-order valence-corrected chi connectivity index (χ0v) is 10.3. The first-order chi connectivity index (χ1) is 8.66. The number of rotatable bonds is 3. The van der Waals surface area contributed by atoms with Crippen LogP contribution in [0.15, 0.2) is 24.3 Å². The van der Waals surface area contributed by atoms with Crippen molar-refractivity contribution in [1.29, 1.82) is 0 Å². The molecular weight excluding hydrogens is 228 g/mol. The normalized spacial score (nSPS) is 26.2. The highest BCUT2D eigenvalue weighted by molar-refractivity contribution is 6.05. The maximum atomic E-state index is 11.7. The topological polar surface area (TPSA) is 49.4 Å². The Morgan fingerprint density at radius 2 is 2.06 bits per heavy atom. The van der Waals surface area contributed by atoms with Gasteiger partial charge in [-0.15, -0.1) is 0 Å². The van der Waals surface area contributed by atoms with Gasteiger partial charge in [0.1, 0.15) is 0 Å². The van der Waals surface area contributed by atoms with Gasteiger partial charge in [0.2, 0.25) is 11.8 Å². The maximum absolute atomic E-state index is 11.7. The number of likely N-dealkylation sites (tertiary alicyclic amines) is 1. The fraction of sp³-hybridized carbons (Fsp3) is 0.429. The first-order valence-electron chi connectivity index (χ1n) is 6.28. The summed E-state index contributed by atoms with van der Waals surface area (Å²) in [6, 6.07) is 8.05. The molecule has 0 bridgehead atoms. The molecule has 18 heavy (non-hydrogen) atoms. The van der Waals surface area contributed by atoms with E-state index in [0.717, 1.165) is 13.0 Å². The van der Waals surface area contributed by atoms with Crippen LogP contribution in [-0.4, -0.2) is 36.3 Å². The van der Waals surface area contributed by atoms with E-state index in [1.54, 1.807) is 7.05 Å². The number of amides is 2. The van der Waals surface area contributed by atoms with Gasteiger partial charge in [0.25, 0.3) is 0 Å². The minimum absolute atomic E-state index is 0.0912. The largest absolute Gasteiger partial charge is 0.305 e. The van der Waals surface area contributed by atoms with E-state index < -0.39 is 0 Å². The predicted molar refractivity (Wildman–Crippen MR) is 67.1 cm³/mol. The highest BCUT2D eigenvalue weighted by Crippen LogP contribution is 2.34. The Bertz CT molecular complexity index is 512. The Labute approximate surface area is 106 Å². The summed E-state index contributed by atoms with van der Waals surface area (Å²) >= 11 is 0. The van der Waals surface area contributed by atoms with Gasteiger partial charge in [0.05, 0.1) is 12.5 Å². The van der Waals surface area contributed by atoms with E-state index in [4.69, 9.17) is 0 Å². The zero-order valence-electron chi connectivity index (χ0n) is 10.3. The summed E-state index contributed by atoms with van der Waals surface area (Å²) in [6.07, 6.45) is 1.36.